The van der Waals surface area contributed by atoms with Gasteiger partial charge in [0, 0.05) is 11.6 Å². The predicted octanol–water partition coefficient (Wildman–Crippen LogP) is 2.31. The average molecular weight is 232 g/mol. The molecule has 1 aromatic carbocycles. The van der Waals surface area contributed by atoms with E-state index in [1.807, 2.05) is 6.92 Å². The maximum absolute atomic E-state index is 8.97. The van der Waals surface area contributed by atoms with Gasteiger partial charge in [-0.05, 0) is 18.6 Å². The molecule has 0 saturated heterocycles. The van der Waals surface area contributed by atoms with Gasteiger partial charge >= 0.3 is 0 Å². The van der Waals surface area contributed by atoms with Crippen LogP contribution >= 0.6 is 0 Å². The first kappa shape index (κ1) is 12.9. The quantitative estimate of drug-likeness (QED) is 0.809. The number of methoxy groups -OCH3 is 2. The molecule has 0 spiro atoms. The van der Waals surface area contributed by atoms with Crippen LogP contribution in [-0.2, 0) is 0 Å². The molecule has 2 N–H and O–H groups in total. The topological polar surface area (TPSA) is 68.3 Å². The molecule has 0 unspecified atom stereocenters. The Bertz CT molecular complexity index is 473. The molecule has 4 nitrogen and oxygen atoms in total. The van der Waals surface area contributed by atoms with E-state index in [1.165, 1.54) is 0 Å². The van der Waals surface area contributed by atoms with E-state index in [2.05, 4.69) is 6.07 Å². The predicted molar refractivity (Wildman–Crippen MR) is 66.6 cm³/mol. The number of benzene rings is 1. The van der Waals surface area contributed by atoms with E-state index in [4.69, 9.17) is 20.5 Å². The SMILES string of the molecule is CC/C(C#N)=C(/N)c1ccc(OC)cc1OC. The number of hydrogen-bond acceptors (Lipinski definition) is 4. The highest BCUT2D eigenvalue weighted by Crippen LogP contribution is 2.29. The molecule has 0 radical (unpaired) electrons. The molecule has 0 bridgehead atoms. The second-order valence-electron chi connectivity index (χ2n) is 3.42. The van der Waals surface area contributed by atoms with Crippen molar-refractivity contribution >= 4 is 5.70 Å². The highest BCUT2D eigenvalue weighted by Gasteiger charge is 2.10. The van der Waals surface area contributed by atoms with Crippen LogP contribution < -0.4 is 15.2 Å². The largest absolute Gasteiger partial charge is 0.497 e. The average Bonchev–Trinajstić information content (AvgIpc) is 2.39. The van der Waals surface area contributed by atoms with Gasteiger partial charge in [0.25, 0.3) is 0 Å². The summed E-state index contributed by atoms with van der Waals surface area (Å²) in [5.74, 6) is 1.29. The van der Waals surface area contributed by atoms with Crippen LogP contribution in [0.5, 0.6) is 11.5 Å². The van der Waals surface area contributed by atoms with Crippen LogP contribution in [0.4, 0.5) is 0 Å². The van der Waals surface area contributed by atoms with E-state index in [0.717, 1.165) is 0 Å². The standard InChI is InChI=1S/C13H16N2O2/c1-4-9(8-14)13(15)11-6-5-10(16-2)7-12(11)17-3/h5-7H,4,15H2,1-3H3/b13-9-. The molecule has 0 aliphatic rings. The zero-order valence-corrected chi connectivity index (χ0v) is 10.3. The molecule has 0 aliphatic carbocycles. The van der Waals surface area contributed by atoms with Crippen molar-refractivity contribution in [2.24, 2.45) is 5.73 Å². The molecule has 0 aliphatic heterocycles. The summed E-state index contributed by atoms with van der Waals surface area (Å²) >= 11 is 0. The van der Waals surface area contributed by atoms with Gasteiger partial charge in [-0.25, -0.2) is 0 Å². The summed E-state index contributed by atoms with van der Waals surface area (Å²) in [4.78, 5) is 0. The minimum Gasteiger partial charge on any atom is -0.497 e. The van der Waals surface area contributed by atoms with Crippen molar-refractivity contribution in [1.82, 2.24) is 0 Å². The van der Waals surface area contributed by atoms with E-state index < -0.39 is 0 Å². The molecule has 0 aromatic heterocycles. The van der Waals surface area contributed by atoms with Gasteiger partial charge in [-0.3, -0.25) is 0 Å². The van der Waals surface area contributed by atoms with Crippen molar-refractivity contribution in [3.63, 3.8) is 0 Å². The minimum absolute atomic E-state index is 0.453. The first-order chi connectivity index (χ1) is 8.17. The summed E-state index contributed by atoms with van der Waals surface area (Å²) < 4.78 is 10.3. The number of nitrogens with zero attached hydrogens (tertiary/aromatic N) is 1. The Balaban J connectivity index is 3.32. The monoisotopic (exact) mass is 232 g/mol. The lowest BCUT2D eigenvalue weighted by Crippen LogP contribution is -2.03. The fourth-order valence-corrected chi connectivity index (χ4v) is 1.51. The van der Waals surface area contributed by atoms with Gasteiger partial charge in [-0.1, -0.05) is 6.92 Å². The minimum atomic E-state index is 0.453. The molecule has 0 heterocycles. The maximum Gasteiger partial charge on any atom is 0.131 e. The van der Waals surface area contributed by atoms with Crippen LogP contribution in [-0.4, -0.2) is 14.2 Å². The number of hydrogen-bond donors (Lipinski definition) is 1. The van der Waals surface area contributed by atoms with E-state index >= 15 is 0 Å². The summed E-state index contributed by atoms with van der Waals surface area (Å²) in [6, 6.07) is 7.42. The van der Waals surface area contributed by atoms with Crippen LogP contribution in [0, 0.1) is 11.3 Å². The Hall–Kier alpha value is -2.15. The van der Waals surface area contributed by atoms with E-state index in [-0.39, 0.29) is 0 Å². The smallest absolute Gasteiger partial charge is 0.131 e. The number of nitrogens with two attached hydrogens (primary N) is 1. The summed E-state index contributed by atoms with van der Waals surface area (Å²) in [6.45, 7) is 1.89. The molecule has 17 heavy (non-hydrogen) atoms. The zero-order chi connectivity index (χ0) is 12.8. The fourth-order valence-electron chi connectivity index (χ4n) is 1.51. The van der Waals surface area contributed by atoms with Crippen molar-refractivity contribution in [3.05, 3.63) is 29.3 Å². The van der Waals surface area contributed by atoms with Gasteiger partial charge in [0.1, 0.15) is 11.5 Å². The Morgan fingerprint density at radius 2 is 2.06 bits per heavy atom. The normalized spacial score (nSPS) is 11.4. The van der Waals surface area contributed by atoms with Crippen molar-refractivity contribution in [3.8, 4) is 17.6 Å². The molecule has 1 aromatic rings. The third-order valence-corrected chi connectivity index (χ3v) is 2.51. The van der Waals surface area contributed by atoms with E-state index in [1.54, 1.807) is 32.4 Å². The second kappa shape index (κ2) is 5.80. The summed E-state index contributed by atoms with van der Waals surface area (Å²) in [6.07, 6.45) is 0.595. The highest BCUT2D eigenvalue weighted by molar-refractivity contribution is 5.73. The molecular formula is C13H16N2O2. The molecule has 0 fully saturated rings. The Morgan fingerprint density at radius 1 is 1.35 bits per heavy atom. The first-order valence-corrected chi connectivity index (χ1v) is 5.29. The summed E-state index contributed by atoms with van der Waals surface area (Å²) in [5, 5.41) is 8.97. The Morgan fingerprint density at radius 3 is 2.53 bits per heavy atom. The second-order valence-corrected chi connectivity index (χ2v) is 3.42. The Kier molecular flexibility index (Phi) is 4.41. The van der Waals surface area contributed by atoms with Gasteiger partial charge in [0.05, 0.1) is 31.6 Å². The molecule has 0 saturated carbocycles. The van der Waals surface area contributed by atoms with Gasteiger partial charge in [0.2, 0.25) is 0 Å². The number of ether oxygens (including phenoxy) is 2. The van der Waals surface area contributed by atoms with Crippen molar-refractivity contribution in [1.29, 1.82) is 5.26 Å². The summed E-state index contributed by atoms with van der Waals surface area (Å²) in [5.41, 5.74) is 7.68. The van der Waals surface area contributed by atoms with Crippen LogP contribution in [0.25, 0.3) is 5.70 Å². The number of rotatable bonds is 4. The van der Waals surface area contributed by atoms with Crippen LogP contribution in [0.3, 0.4) is 0 Å². The highest BCUT2D eigenvalue weighted by atomic mass is 16.5. The van der Waals surface area contributed by atoms with Gasteiger partial charge in [-0.15, -0.1) is 0 Å². The third kappa shape index (κ3) is 2.70. The molecular weight excluding hydrogens is 216 g/mol. The number of nitriles is 1. The fraction of sp³-hybridized carbons (Fsp3) is 0.308. The molecule has 0 amide bonds. The maximum atomic E-state index is 8.97. The Labute approximate surface area is 101 Å². The molecule has 90 valence electrons. The zero-order valence-electron chi connectivity index (χ0n) is 10.3. The van der Waals surface area contributed by atoms with Gasteiger partial charge in [-0.2, -0.15) is 5.26 Å². The van der Waals surface area contributed by atoms with Crippen molar-refractivity contribution < 1.29 is 9.47 Å². The van der Waals surface area contributed by atoms with E-state index in [9.17, 15) is 0 Å². The van der Waals surface area contributed by atoms with Gasteiger partial charge in [0.15, 0.2) is 0 Å². The number of allylic oxidation sites excluding steroid dienone is 1. The molecule has 4 heteroatoms. The first-order valence-electron chi connectivity index (χ1n) is 5.29. The van der Waals surface area contributed by atoms with E-state index in [0.29, 0.717) is 34.8 Å². The third-order valence-electron chi connectivity index (χ3n) is 2.51. The lowest BCUT2D eigenvalue weighted by atomic mass is 10.0. The van der Waals surface area contributed by atoms with Crippen LogP contribution in [0.1, 0.15) is 18.9 Å². The molecule has 0 atom stereocenters. The summed E-state index contributed by atoms with van der Waals surface area (Å²) in [7, 11) is 3.14. The lowest BCUT2D eigenvalue weighted by molar-refractivity contribution is 0.393. The van der Waals surface area contributed by atoms with Gasteiger partial charge < -0.3 is 15.2 Å². The van der Waals surface area contributed by atoms with Crippen LogP contribution in [0.2, 0.25) is 0 Å². The lowest BCUT2D eigenvalue weighted by Gasteiger charge is -2.11. The van der Waals surface area contributed by atoms with Crippen LogP contribution in [0.15, 0.2) is 23.8 Å². The van der Waals surface area contributed by atoms with Crippen molar-refractivity contribution in [2.75, 3.05) is 14.2 Å². The molecule has 1 rings (SSSR count). The van der Waals surface area contributed by atoms with Crippen molar-refractivity contribution in [2.45, 2.75) is 13.3 Å².